The van der Waals surface area contributed by atoms with Crippen molar-refractivity contribution in [3.63, 3.8) is 0 Å². The summed E-state index contributed by atoms with van der Waals surface area (Å²) in [4.78, 5) is 0. The lowest BCUT2D eigenvalue weighted by molar-refractivity contribution is 0.148. The smallest absolute Gasteiger partial charge is 0.0993 e. The van der Waals surface area contributed by atoms with Crippen LogP contribution in [0.3, 0.4) is 0 Å². The second-order valence-corrected chi connectivity index (χ2v) is 5.83. The molecule has 2 atom stereocenters. The first kappa shape index (κ1) is 13.5. The number of rotatable bonds is 2. The van der Waals surface area contributed by atoms with E-state index < -0.39 is 6.10 Å². The monoisotopic (exact) mass is 287 g/mol. The van der Waals surface area contributed by atoms with Crippen LogP contribution < -0.4 is 5.32 Å². The van der Waals surface area contributed by atoms with Gasteiger partial charge in [-0.25, -0.2) is 0 Å². The van der Waals surface area contributed by atoms with Crippen molar-refractivity contribution in [2.24, 2.45) is 0 Å². The summed E-state index contributed by atoms with van der Waals surface area (Å²) < 4.78 is 0. The fourth-order valence-corrected chi connectivity index (χ4v) is 3.11. The Hall–Kier alpha value is -1.51. The molecule has 3 heteroatoms. The number of aryl methyl sites for hydroxylation is 2. The number of nitrogens with one attached hydrogen (secondary N) is 1. The standard InChI is InChI=1S/C17H18ClNO/c1-11-10-13(18)7-8-14(11)17(20)16-9-6-12-4-2-3-5-15(12)19-16/h2-5,7-8,10,16-17,19-20H,6,9H2,1H3. The molecule has 1 aliphatic rings. The molecule has 0 fully saturated rings. The van der Waals surface area contributed by atoms with Gasteiger partial charge in [-0.15, -0.1) is 0 Å². The average molecular weight is 288 g/mol. The van der Waals surface area contributed by atoms with Crippen molar-refractivity contribution < 1.29 is 5.11 Å². The molecular formula is C17H18ClNO. The van der Waals surface area contributed by atoms with Crippen LogP contribution in [0, 0.1) is 6.92 Å². The van der Waals surface area contributed by atoms with Gasteiger partial charge in [0.1, 0.15) is 0 Å². The highest BCUT2D eigenvalue weighted by atomic mass is 35.5. The topological polar surface area (TPSA) is 32.3 Å². The van der Waals surface area contributed by atoms with Gasteiger partial charge in [-0.1, -0.05) is 35.9 Å². The quantitative estimate of drug-likeness (QED) is 0.871. The Morgan fingerprint density at radius 2 is 2.05 bits per heavy atom. The van der Waals surface area contributed by atoms with Gasteiger partial charge >= 0.3 is 0 Å². The molecule has 0 radical (unpaired) electrons. The Kier molecular flexibility index (Phi) is 3.68. The van der Waals surface area contributed by atoms with Crippen LogP contribution in [-0.4, -0.2) is 11.1 Å². The van der Waals surface area contributed by atoms with Gasteiger partial charge in [0.25, 0.3) is 0 Å². The van der Waals surface area contributed by atoms with Gasteiger partial charge in [-0.05, 0) is 54.7 Å². The highest BCUT2D eigenvalue weighted by Gasteiger charge is 2.26. The zero-order valence-corrected chi connectivity index (χ0v) is 12.2. The molecule has 0 saturated carbocycles. The highest BCUT2D eigenvalue weighted by molar-refractivity contribution is 6.30. The summed E-state index contributed by atoms with van der Waals surface area (Å²) in [7, 11) is 0. The number of hydrogen-bond acceptors (Lipinski definition) is 2. The van der Waals surface area contributed by atoms with Crippen LogP contribution in [-0.2, 0) is 6.42 Å². The van der Waals surface area contributed by atoms with Gasteiger partial charge < -0.3 is 10.4 Å². The van der Waals surface area contributed by atoms with Crippen molar-refractivity contribution in [1.82, 2.24) is 0 Å². The Morgan fingerprint density at radius 1 is 1.25 bits per heavy atom. The van der Waals surface area contributed by atoms with E-state index >= 15 is 0 Å². The number of halogens is 1. The Labute approximate surface area is 124 Å². The predicted molar refractivity (Wildman–Crippen MR) is 83.3 cm³/mol. The minimum Gasteiger partial charge on any atom is -0.386 e. The molecule has 104 valence electrons. The molecule has 2 nitrogen and oxygen atoms in total. The Balaban J connectivity index is 1.84. The number of fused-ring (bicyclic) bond motifs is 1. The van der Waals surface area contributed by atoms with Gasteiger partial charge in [0.05, 0.1) is 12.1 Å². The maximum absolute atomic E-state index is 10.6. The van der Waals surface area contributed by atoms with E-state index in [4.69, 9.17) is 11.6 Å². The number of para-hydroxylation sites is 1. The minimum atomic E-state index is -0.513. The lowest BCUT2D eigenvalue weighted by Crippen LogP contribution is -2.32. The van der Waals surface area contributed by atoms with E-state index in [2.05, 4.69) is 23.5 Å². The third-order valence-electron chi connectivity index (χ3n) is 4.01. The van der Waals surface area contributed by atoms with E-state index in [-0.39, 0.29) is 6.04 Å². The molecule has 0 saturated heterocycles. The van der Waals surface area contributed by atoms with Gasteiger partial charge in [-0.3, -0.25) is 0 Å². The van der Waals surface area contributed by atoms with Gasteiger partial charge in [0.15, 0.2) is 0 Å². The van der Waals surface area contributed by atoms with Crippen molar-refractivity contribution in [2.75, 3.05) is 5.32 Å². The van der Waals surface area contributed by atoms with E-state index in [1.54, 1.807) is 0 Å². The van der Waals surface area contributed by atoms with Gasteiger partial charge in [0, 0.05) is 10.7 Å². The molecule has 0 aromatic heterocycles. The Bertz CT molecular complexity index is 626. The second kappa shape index (κ2) is 5.47. The fraction of sp³-hybridized carbons (Fsp3) is 0.294. The lowest BCUT2D eigenvalue weighted by atomic mass is 9.90. The first-order valence-electron chi connectivity index (χ1n) is 6.94. The summed E-state index contributed by atoms with van der Waals surface area (Å²) in [5.74, 6) is 0. The summed E-state index contributed by atoms with van der Waals surface area (Å²) in [5.41, 5.74) is 4.44. The number of aliphatic hydroxyl groups excluding tert-OH is 1. The number of benzene rings is 2. The molecule has 0 bridgehead atoms. The molecule has 20 heavy (non-hydrogen) atoms. The summed E-state index contributed by atoms with van der Waals surface area (Å²) >= 11 is 5.98. The third kappa shape index (κ3) is 2.54. The van der Waals surface area contributed by atoms with E-state index in [9.17, 15) is 5.11 Å². The van der Waals surface area contributed by atoms with Crippen molar-refractivity contribution in [2.45, 2.75) is 31.9 Å². The zero-order valence-electron chi connectivity index (χ0n) is 11.4. The number of aliphatic hydroxyl groups is 1. The van der Waals surface area contributed by atoms with Crippen LogP contribution in [0.15, 0.2) is 42.5 Å². The summed E-state index contributed by atoms with van der Waals surface area (Å²) in [6.07, 6.45) is 1.42. The molecule has 1 aliphatic heterocycles. The van der Waals surface area contributed by atoms with Crippen LogP contribution in [0.2, 0.25) is 5.02 Å². The van der Waals surface area contributed by atoms with E-state index in [0.29, 0.717) is 5.02 Å². The van der Waals surface area contributed by atoms with Crippen LogP contribution >= 0.6 is 11.6 Å². The first-order valence-corrected chi connectivity index (χ1v) is 7.31. The molecule has 0 aliphatic carbocycles. The fourth-order valence-electron chi connectivity index (χ4n) is 2.89. The molecule has 2 unspecified atom stereocenters. The third-order valence-corrected chi connectivity index (χ3v) is 4.25. The van der Waals surface area contributed by atoms with E-state index in [1.165, 1.54) is 5.56 Å². The molecule has 3 rings (SSSR count). The van der Waals surface area contributed by atoms with E-state index in [1.807, 2.05) is 31.2 Å². The van der Waals surface area contributed by atoms with Crippen LogP contribution in [0.4, 0.5) is 5.69 Å². The van der Waals surface area contributed by atoms with Crippen molar-refractivity contribution in [3.05, 3.63) is 64.2 Å². The molecule has 0 amide bonds. The molecule has 1 heterocycles. The van der Waals surface area contributed by atoms with Gasteiger partial charge in [-0.2, -0.15) is 0 Å². The number of hydrogen-bond donors (Lipinski definition) is 2. The Morgan fingerprint density at radius 3 is 2.85 bits per heavy atom. The molecule has 2 N–H and O–H groups in total. The molecule has 2 aromatic carbocycles. The average Bonchev–Trinajstić information content (AvgIpc) is 2.46. The van der Waals surface area contributed by atoms with E-state index in [0.717, 1.165) is 29.7 Å². The normalized spacial score (nSPS) is 19.1. The van der Waals surface area contributed by atoms with Crippen molar-refractivity contribution >= 4 is 17.3 Å². The van der Waals surface area contributed by atoms with Crippen molar-refractivity contribution in [1.29, 1.82) is 0 Å². The maximum atomic E-state index is 10.6. The first-order chi connectivity index (χ1) is 9.65. The van der Waals surface area contributed by atoms with Crippen LogP contribution in [0.25, 0.3) is 0 Å². The largest absolute Gasteiger partial charge is 0.386 e. The zero-order chi connectivity index (χ0) is 14.1. The molecular weight excluding hydrogens is 270 g/mol. The summed E-state index contributed by atoms with van der Waals surface area (Å²) in [5, 5.41) is 14.8. The maximum Gasteiger partial charge on any atom is 0.0993 e. The minimum absolute atomic E-state index is 0.0461. The second-order valence-electron chi connectivity index (χ2n) is 5.39. The number of anilines is 1. The predicted octanol–water partition coefficient (Wildman–Crippen LogP) is 4.11. The van der Waals surface area contributed by atoms with Gasteiger partial charge in [0.2, 0.25) is 0 Å². The summed E-state index contributed by atoms with van der Waals surface area (Å²) in [6, 6.07) is 14.0. The van der Waals surface area contributed by atoms with Crippen molar-refractivity contribution in [3.8, 4) is 0 Å². The molecule has 0 spiro atoms. The van der Waals surface area contributed by atoms with Crippen LogP contribution in [0.5, 0.6) is 0 Å². The SMILES string of the molecule is Cc1cc(Cl)ccc1C(O)C1CCc2ccccc2N1. The lowest BCUT2D eigenvalue weighted by Gasteiger charge is -2.31. The highest BCUT2D eigenvalue weighted by Crippen LogP contribution is 2.32. The summed E-state index contributed by atoms with van der Waals surface area (Å²) in [6.45, 7) is 1.99. The molecule has 2 aromatic rings. The van der Waals surface area contributed by atoms with Crippen LogP contribution in [0.1, 0.15) is 29.2 Å².